The average molecular weight is 341 g/mol. The number of rotatable bonds is 7. The number of benzene rings is 1. The molecule has 1 unspecified atom stereocenters. The van der Waals surface area contributed by atoms with Crippen LogP contribution < -0.4 is 10.2 Å². The SMILES string of the molecule is CCN1CCCC1CNC(=O)c1ccccc1S(=O)(=O)NOC. The van der Waals surface area contributed by atoms with Crippen molar-refractivity contribution >= 4 is 15.9 Å². The fourth-order valence-electron chi connectivity index (χ4n) is 2.89. The molecule has 1 amide bonds. The molecule has 2 N–H and O–H groups in total. The summed E-state index contributed by atoms with van der Waals surface area (Å²) in [6.45, 7) is 4.60. The van der Waals surface area contributed by atoms with Crippen molar-refractivity contribution < 1.29 is 18.0 Å². The standard InChI is InChI=1S/C15H23N3O4S/c1-3-18-10-6-7-12(18)11-16-15(19)13-8-4-5-9-14(13)23(20,21)17-22-2/h4-5,8-9,12,17H,3,6-7,10-11H2,1-2H3,(H,16,19). The van der Waals surface area contributed by atoms with Crippen LogP contribution in [-0.2, 0) is 14.9 Å². The third-order valence-corrected chi connectivity index (χ3v) is 5.34. The highest BCUT2D eigenvalue weighted by Crippen LogP contribution is 2.17. The first-order valence-corrected chi connectivity index (χ1v) is 9.14. The number of carbonyl (C=O) groups excluding carboxylic acids is 1. The van der Waals surface area contributed by atoms with Crippen molar-refractivity contribution in [1.29, 1.82) is 0 Å². The van der Waals surface area contributed by atoms with Crippen LogP contribution in [0.3, 0.4) is 0 Å². The fraction of sp³-hybridized carbons (Fsp3) is 0.533. The molecular formula is C15H23N3O4S. The summed E-state index contributed by atoms with van der Waals surface area (Å²) in [5, 5.41) is 2.85. The predicted molar refractivity (Wildman–Crippen MR) is 86.4 cm³/mol. The van der Waals surface area contributed by atoms with E-state index in [1.807, 2.05) is 4.89 Å². The van der Waals surface area contributed by atoms with Crippen molar-refractivity contribution in [3.8, 4) is 0 Å². The molecule has 0 aliphatic carbocycles. The number of hydrogen-bond acceptors (Lipinski definition) is 5. The normalized spacial score (nSPS) is 19.0. The molecule has 128 valence electrons. The molecule has 0 radical (unpaired) electrons. The van der Waals surface area contributed by atoms with Crippen LogP contribution in [0.1, 0.15) is 30.1 Å². The molecule has 8 heteroatoms. The van der Waals surface area contributed by atoms with E-state index in [-0.39, 0.29) is 10.5 Å². The van der Waals surface area contributed by atoms with Crippen LogP contribution in [0.2, 0.25) is 0 Å². The van der Waals surface area contributed by atoms with Gasteiger partial charge in [0.25, 0.3) is 15.9 Å². The van der Waals surface area contributed by atoms with Crippen molar-refractivity contribution in [2.75, 3.05) is 26.7 Å². The van der Waals surface area contributed by atoms with Gasteiger partial charge in [-0.05, 0) is 38.1 Å². The van der Waals surface area contributed by atoms with Crippen molar-refractivity contribution in [2.45, 2.75) is 30.7 Å². The summed E-state index contributed by atoms with van der Waals surface area (Å²) >= 11 is 0. The summed E-state index contributed by atoms with van der Waals surface area (Å²) in [7, 11) is -2.67. The molecule has 1 fully saturated rings. The lowest BCUT2D eigenvalue weighted by Crippen LogP contribution is -2.40. The van der Waals surface area contributed by atoms with Gasteiger partial charge < -0.3 is 5.32 Å². The molecule has 1 atom stereocenters. The first-order valence-electron chi connectivity index (χ1n) is 7.65. The highest BCUT2D eigenvalue weighted by atomic mass is 32.2. The van der Waals surface area contributed by atoms with Gasteiger partial charge in [-0.1, -0.05) is 23.9 Å². The zero-order chi connectivity index (χ0) is 16.9. The summed E-state index contributed by atoms with van der Waals surface area (Å²) in [6, 6.07) is 6.38. The van der Waals surface area contributed by atoms with Gasteiger partial charge in [-0.3, -0.25) is 14.5 Å². The molecule has 0 saturated carbocycles. The number of nitrogens with one attached hydrogen (secondary N) is 2. The molecule has 1 heterocycles. The Bertz CT molecular complexity index is 648. The second kappa shape index (κ2) is 7.87. The topological polar surface area (TPSA) is 87.7 Å². The fourth-order valence-corrected chi connectivity index (χ4v) is 3.91. The van der Waals surface area contributed by atoms with Crippen molar-refractivity contribution in [2.24, 2.45) is 0 Å². The molecule has 1 aliphatic rings. The molecule has 1 aromatic carbocycles. The van der Waals surface area contributed by atoms with Gasteiger partial charge in [0.1, 0.15) is 0 Å². The molecule has 7 nitrogen and oxygen atoms in total. The Hall–Kier alpha value is -1.48. The van der Waals surface area contributed by atoms with Gasteiger partial charge in [-0.25, -0.2) is 8.42 Å². The minimum absolute atomic E-state index is 0.0990. The van der Waals surface area contributed by atoms with E-state index < -0.39 is 15.9 Å². The minimum atomic E-state index is -3.88. The Labute approximate surface area is 137 Å². The minimum Gasteiger partial charge on any atom is -0.350 e. The van der Waals surface area contributed by atoms with E-state index in [1.165, 1.54) is 19.2 Å². The monoisotopic (exact) mass is 341 g/mol. The second-order valence-electron chi connectivity index (χ2n) is 5.42. The third-order valence-electron chi connectivity index (χ3n) is 4.02. The van der Waals surface area contributed by atoms with Crippen molar-refractivity contribution in [3.05, 3.63) is 29.8 Å². The lowest BCUT2D eigenvalue weighted by Gasteiger charge is -2.23. The van der Waals surface area contributed by atoms with Gasteiger partial charge in [-0.15, -0.1) is 0 Å². The lowest BCUT2D eigenvalue weighted by molar-refractivity contribution is 0.0937. The number of likely N-dealkylation sites (tertiary alicyclic amines) is 1. The second-order valence-corrected chi connectivity index (χ2v) is 7.04. The van der Waals surface area contributed by atoms with Crippen LogP contribution in [0.4, 0.5) is 0 Å². The van der Waals surface area contributed by atoms with Gasteiger partial charge in [0.2, 0.25) is 0 Å². The van der Waals surface area contributed by atoms with Crippen molar-refractivity contribution in [1.82, 2.24) is 15.1 Å². The van der Waals surface area contributed by atoms with Gasteiger partial charge in [0, 0.05) is 12.6 Å². The van der Waals surface area contributed by atoms with Crippen LogP contribution in [0.15, 0.2) is 29.2 Å². The zero-order valence-corrected chi connectivity index (χ0v) is 14.2. The molecule has 0 bridgehead atoms. The molecule has 0 aromatic heterocycles. The maximum atomic E-state index is 12.4. The Morgan fingerprint density at radius 1 is 1.39 bits per heavy atom. The van der Waals surface area contributed by atoms with E-state index in [0.29, 0.717) is 12.6 Å². The maximum absolute atomic E-state index is 12.4. The number of amides is 1. The molecule has 0 spiro atoms. The molecule has 1 aliphatic heterocycles. The highest BCUT2D eigenvalue weighted by Gasteiger charge is 2.25. The van der Waals surface area contributed by atoms with Gasteiger partial charge in [0.05, 0.1) is 17.6 Å². The molecular weight excluding hydrogens is 318 g/mol. The number of sulfonamides is 1. The van der Waals surface area contributed by atoms with E-state index in [9.17, 15) is 13.2 Å². The molecule has 1 saturated heterocycles. The quantitative estimate of drug-likeness (QED) is 0.714. The molecule has 23 heavy (non-hydrogen) atoms. The van der Waals surface area contributed by atoms with Crippen LogP contribution in [-0.4, -0.2) is 52.0 Å². The Balaban J connectivity index is 2.11. The lowest BCUT2D eigenvalue weighted by atomic mass is 10.2. The third kappa shape index (κ3) is 4.29. The summed E-state index contributed by atoms with van der Waals surface area (Å²) in [4.78, 5) is 21.0. The summed E-state index contributed by atoms with van der Waals surface area (Å²) in [5.41, 5.74) is 0.109. The van der Waals surface area contributed by atoms with E-state index >= 15 is 0 Å². The van der Waals surface area contributed by atoms with Crippen molar-refractivity contribution in [3.63, 3.8) is 0 Å². The molecule has 2 rings (SSSR count). The Morgan fingerprint density at radius 2 is 2.13 bits per heavy atom. The largest absolute Gasteiger partial charge is 0.350 e. The maximum Gasteiger partial charge on any atom is 0.263 e. The van der Waals surface area contributed by atoms with Crippen LogP contribution in [0.5, 0.6) is 0 Å². The highest BCUT2D eigenvalue weighted by molar-refractivity contribution is 7.89. The number of nitrogens with zero attached hydrogens (tertiary/aromatic N) is 1. The van der Waals surface area contributed by atoms with E-state index in [1.54, 1.807) is 12.1 Å². The van der Waals surface area contributed by atoms with E-state index in [2.05, 4.69) is 22.0 Å². The zero-order valence-electron chi connectivity index (χ0n) is 13.4. The predicted octanol–water partition coefficient (Wildman–Crippen LogP) is 0.740. The first kappa shape index (κ1) is 17.9. The van der Waals surface area contributed by atoms with Gasteiger partial charge in [-0.2, -0.15) is 0 Å². The Kier molecular flexibility index (Phi) is 6.11. The average Bonchev–Trinajstić information content (AvgIpc) is 3.00. The van der Waals surface area contributed by atoms with E-state index in [0.717, 1.165) is 25.9 Å². The number of carbonyl (C=O) groups is 1. The number of likely N-dealkylation sites (N-methyl/N-ethyl adjacent to an activating group) is 1. The summed E-state index contributed by atoms with van der Waals surface area (Å²) in [5.74, 6) is -0.398. The van der Waals surface area contributed by atoms with Gasteiger partial charge >= 0.3 is 0 Å². The molecule has 1 aromatic rings. The Morgan fingerprint density at radius 3 is 2.83 bits per heavy atom. The van der Waals surface area contributed by atoms with Crippen LogP contribution in [0, 0.1) is 0 Å². The number of hydrogen-bond donors (Lipinski definition) is 2. The van der Waals surface area contributed by atoms with Crippen LogP contribution in [0.25, 0.3) is 0 Å². The van der Waals surface area contributed by atoms with E-state index in [4.69, 9.17) is 0 Å². The van der Waals surface area contributed by atoms with Gasteiger partial charge in [0.15, 0.2) is 0 Å². The van der Waals surface area contributed by atoms with Crippen LogP contribution >= 0.6 is 0 Å². The smallest absolute Gasteiger partial charge is 0.263 e. The summed E-state index contributed by atoms with van der Waals surface area (Å²) < 4.78 is 24.2. The first-order chi connectivity index (χ1) is 11.0. The summed E-state index contributed by atoms with van der Waals surface area (Å²) in [6.07, 6.45) is 2.16.